The van der Waals surface area contributed by atoms with Gasteiger partial charge in [0, 0.05) is 21.4 Å². The number of amidine groups is 1. The third-order valence-electron chi connectivity index (χ3n) is 5.02. The highest BCUT2D eigenvalue weighted by Crippen LogP contribution is 2.33. The quantitative estimate of drug-likeness (QED) is 0.393. The molecule has 3 aromatic rings. The van der Waals surface area contributed by atoms with Crippen LogP contribution in [0.25, 0.3) is 11.8 Å². The summed E-state index contributed by atoms with van der Waals surface area (Å²) in [5, 5.41) is 5.14. The number of aliphatic imine (C=N–C) groups is 1. The molecule has 2 heterocycles. The van der Waals surface area contributed by atoms with Crippen molar-refractivity contribution >= 4 is 69.4 Å². The normalized spacial score (nSPS) is 16.4. The smallest absolute Gasteiger partial charge is 0.264 e. The van der Waals surface area contributed by atoms with Gasteiger partial charge in [-0.05, 0) is 86.1 Å². The molecule has 0 bridgehead atoms. The van der Waals surface area contributed by atoms with E-state index in [0.717, 1.165) is 33.9 Å². The van der Waals surface area contributed by atoms with Crippen LogP contribution in [-0.4, -0.2) is 15.6 Å². The molecule has 1 amide bonds. The van der Waals surface area contributed by atoms with Crippen molar-refractivity contribution in [2.45, 2.75) is 20.8 Å². The van der Waals surface area contributed by atoms with Crippen molar-refractivity contribution in [1.82, 2.24) is 9.88 Å². The predicted octanol–water partition coefficient (Wildman–Crippen LogP) is 7.25. The second-order valence-corrected chi connectivity index (χ2v) is 9.40. The van der Waals surface area contributed by atoms with Gasteiger partial charge < -0.3 is 9.88 Å². The van der Waals surface area contributed by atoms with Crippen molar-refractivity contribution in [3.63, 3.8) is 0 Å². The summed E-state index contributed by atoms with van der Waals surface area (Å²) in [5.41, 5.74) is 5.34. The number of benzene rings is 2. The van der Waals surface area contributed by atoms with Crippen LogP contribution in [0.3, 0.4) is 0 Å². The molecule has 1 fully saturated rings. The zero-order chi connectivity index (χ0) is 22.3. The van der Waals surface area contributed by atoms with Gasteiger partial charge in [-0.15, -0.1) is 0 Å². The minimum Gasteiger partial charge on any atom is -0.316 e. The van der Waals surface area contributed by atoms with Crippen LogP contribution in [0.1, 0.15) is 22.5 Å². The minimum atomic E-state index is -0.183. The van der Waals surface area contributed by atoms with Crippen LogP contribution in [0.5, 0.6) is 0 Å². The van der Waals surface area contributed by atoms with Crippen LogP contribution >= 0.6 is 46.6 Å². The van der Waals surface area contributed by atoms with Crippen LogP contribution in [-0.2, 0) is 4.79 Å². The summed E-state index contributed by atoms with van der Waals surface area (Å²) in [7, 11) is 0. The van der Waals surface area contributed by atoms with Crippen molar-refractivity contribution in [2.24, 2.45) is 4.99 Å². The van der Waals surface area contributed by atoms with Crippen molar-refractivity contribution in [3.05, 3.63) is 85.0 Å². The molecule has 8 heteroatoms. The number of amides is 1. The second kappa shape index (κ2) is 8.75. The van der Waals surface area contributed by atoms with Crippen LogP contribution in [0, 0.1) is 20.8 Å². The molecule has 0 spiro atoms. The molecule has 31 heavy (non-hydrogen) atoms. The summed E-state index contributed by atoms with van der Waals surface area (Å²) in [5.74, 6) is -0.183. The first kappa shape index (κ1) is 22.0. The molecule has 2 aromatic carbocycles. The maximum absolute atomic E-state index is 12.5. The van der Waals surface area contributed by atoms with E-state index in [1.165, 1.54) is 11.8 Å². The third-order valence-corrected chi connectivity index (χ3v) is 6.88. The summed E-state index contributed by atoms with van der Waals surface area (Å²) in [6.07, 6.45) is 1.87. The molecule has 4 nitrogen and oxygen atoms in total. The topological polar surface area (TPSA) is 46.4 Å². The zero-order valence-corrected chi connectivity index (χ0v) is 20.0. The zero-order valence-electron chi connectivity index (χ0n) is 17.0. The lowest BCUT2D eigenvalue weighted by molar-refractivity contribution is -0.115. The Morgan fingerprint density at radius 1 is 1.03 bits per heavy atom. The lowest BCUT2D eigenvalue weighted by atomic mass is 10.2. The fourth-order valence-electron chi connectivity index (χ4n) is 3.42. The Morgan fingerprint density at radius 2 is 1.81 bits per heavy atom. The number of aromatic nitrogens is 1. The maximum Gasteiger partial charge on any atom is 0.264 e. The van der Waals surface area contributed by atoms with Crippen LogP contribution < -0.4 is 5.32 Å². The van der Waals surface area contributed by atoms with Gasteiger partial charge in [-0.25, -0.2) is 4.99 Å². The first-order valence-electron chi connectivity index (χ1n) is 9.43. The van der Waals surface area contributed by atoms with Gasteiger partial charge in [-0.1, -0.05) is 40.9 Å². The number of carbonyl (C=O) groups is 1. The van der Waals surface area contributed by atoms with Crippen molar-refractivity contribution in [2.75, 3.05) is 0 Å². The first-order chi connectivity index (χ1) is 14.7. The molecular weight excluding hydrogens is 473 g/mol. The number of aryl methyl sites for hydroxylation is 1. The molecular formula is C23H18Cl3N3OS. The number of thioether (sulfide) groups is 1. The number of nitrogens with one attached hydrogen (secondary N) is 1. The fourth-order valence-corrected chi connectivity index (χ4v) is 4.90. The van der Waals surface area contributed by atoms with E-state index in [2.05, 4.69) is 10.3 Å². The number of halogens is 3. The van der Waals surface area contributed by atoms with Crippen LogP contribution in [0.15, 0.2) is 52.4 Å². The Labute approximate surface area is 199 Å². The van der Waals surface area contributed by atoms with Gasteiger partial charge in [0.2, 0.25) is 0 Å². The van der Waals surface area contributed by atoms with E-state index in [4.69, 9.17) is 34.8 Å². The highest BCUT2D eigenvalue weighted by molar-refractivity contribution is 8.18. The molecule has 0 aliphatic carbocycles. The number of rotatable bonds is 3. The SMILES string of the molecule is Cc1c(Cl)cccc1N=C1NC(=O)/C(=C\c2cc(C)n(-c3ccc(Cl)cc3Cl)c2C)S1. The van der Waals surface area contributed by atoms with Gasteiger partial charge >= 0.3 is 0 Å². The van der Waals surface area contributed by atoms with Gasteiger partial charge in [0.05, 0.1) is 21.3 Å². The number of carbonyl (C=O) groups excluding carboxylic acids is 1. The minimum absolute atomic E-state index is 0.183. The lowest BCUT2D eigenvalue weighted by Gasteiger charge is -2.12. The predicted molar refractivity (Wildman–Crippen MR) is 132 cm³/mol. The largest absolute Gasteiger partial charge is 0.316 e. The van der Waals surface area contributed by atoms with E-state index >= 15 is 0 Å². The Bertz CT molecular complexity index is 1280. The molecule has 0 radical (unpaired) electrons. The van der Waals surface area contributed by atoms with Gasteiger partial charge in [-0.3, -0.25) is 4.79 Å². The summed E-state index contributed by atoms with van der Waals surface area (Å²) in [6, 6.07) is 13.0. The Kier molecular flexibility index (Phi) is 6.22. The fraction of sp³-hybridized carbons (Fsp3) is 0.130. The molecule has 1 N–H and O–H groups in total. The molecule has 1 saturated heterocycles. The van der Waals surface area contributed by atoms with Gasteiger partial charge in [0.25, 0.3) is 5.91 Å². The van der Waals surface area contributed by atoms with Gasteiger partial charge in [0.15, 0.2) is 5.17 Å². The Hall–Kier alpha value is -2.18. The summed E-state index contributed by atoms with van der Waals surface area (Å²) < 4.78 is 2.05. The Morgan fingerprint density at radius 3 is 2.55 bits per heavy atom. The van der Waals surface area contributed by atoms with E-state index in [9.17, 15) is 4.79 Å². The van der Waals surface area contributed by atoms with Crippen LogP contribution in [0.4, 0.5) is 5.69 Å². The van der Waals surface area contributed by atoms with Crippen molar-refractivity contribution in [1.29, 1.82) is 0 Å². The third kappa shape index (κ3) is 4.41. The summed E-state index contributed by atoms with van der Waals surface area (Å²) in [6.45, 7) is 5.89. The lowest BCUT2D eigenvalue weighted by Crippen LogP contribution is -2.19. The molecule has 158 valence electrons. The average molecular weight is 491 g/mol. The number of nitrogens with zero attached hydrogens (tertiary/aromatic N) is 2. The highest BCUT2D eigenvalue weighted by Gasteiger charge is 2.25. The summed E-state index contributed by atoms with van der Waals surface area (Å²) >= 11 is 19.9. The maximum atomic E-state index is 12.5. The average Bonchev–Trinajstić information content (AvgIpc) is 3.18. The molecule has 1 aliphatic rings. The van der Waals surface area contributed by atoms with E-state index in [0.29, 0.717) is 25.1 Å². The molecule has 0 unspecified atom stereocenters. The number of hydrogen-bond acceptors (Lipinski definition) is 3. The van der Waals surface area contributed by atoms with Crippen molar-refractivity contribution < 1.29 is 4.79 Å². The monoisotopic (exact) mass is 489 g/mol. The Balaban J connectivity index is 1.67. The second-order valence-electron chi connectivity index (χ2n) is 7.12. The standard InChI is InChI=1S/C23H18Cl3N3OS/c1-12-9-15(14(3)29(12)20-8-7-16(24)11-18(20)26)10-21-22(30)28-23(31-21)27-19-6-4-5-17(25)13(19)2/h4-11H,1-3H3,(H,27,28,30)/b21-10+. The van der Waals surface area contributed by atoms with E-state index in [1.807, 2.05) is 61.7 Å². The number of hydrogen-bond donors (Lipinski definition) is 1. The van der Waals surface area contributed by atoms with Crippen LogP contribution in [0.2, 0.25) is 15.1 Å². The molecule has 1 aromatic heterocycles. The first-order valence-corrected chi connectivity index (χ1v) is 11.4. The highest BCUT2D eigenvalue weighted by atomic mass is 35.5. The van der Waals surface area contributed by atoms with E-state index in [-0.39, 0.29) is 5.91 Å². The van der Waals surface area contributed by atoms with E-state index < -0.39 is 0 Å². The van der Waals surface area contributed by atoms with Gasteiger partial charge in [-0.2, -0.15) is 0 Å². The van der Waals surface area contributed by atoms with Crippen molar-refractivity contribution in [3.8, 4) is 5.69 Å². The van der Waals surface area contributed by atoms with E-state index in [1.54, 1.807) is 12.1 Å². The molecule has 4 rings (SSSR count). The molecule has 1 aliphatic heterocycles. The summed E-state index contributed by atoms with van der Waals surface area (Å²) in [4.78, 5) is 17.7. The van der Waals surface area contributed by atoms with Gasteiger partial charge in [0.1, 0.15) is 0 Å². The molecule has 0 atom stereocenters. The molecule has 0 saturated carbocycles.